The zero-order valence-corrected chi connectivity index (χ0v) is 18.1. The molecule has 28 heavy (non-hydrogen) atoms. The molecule has 146 valence electrons. The lowest BCUT2D eigenvalue weighted by atomic mass is 10.1. The highest BCUT2D eigenvalue weighted by Crippen LogP contribution is 2.39. The van der Waals surface area contributed by atoms with Gasteiger partial charge in [0.15, 0.2) is 5.82 Å². The van der Waals surface area contributed by atoms with Crippen LogP contribution in [0.4, 0.5) is 11.5 Å². The van der Waals surface area contributed by atoms with E-state index in [-0.39, 0.29) is 6.42 Å². The second-order valence-electron chi connectivity index (χ2n) is 6.16. The van der Waals surface area contributed by atoms with Crippen LogP contribution in [0.15, 0.2) is 34.1 Å². The van der Waals surface area contributed by atoms with Crippen LogP contribution in [0.5, 0.6) is 5.75 Å². The van der Waals surface area contributed by atoms with Crippen molar-refractivity contribution < 1.29 is 14.6 Å². The molecule has 3 aromatic rings. The summed E-state index contributed by atoms with van der Waals surface area (Å²) in [5.41, 5.74) is 3.56. The van der Waals surface area contributed by atoms with E-state index in [0.717, 1.165) is 49.2 Å². The second kappa shape index (κ2) is 8.70. The fraction of sp³-hybridized carbons (Fsp3) is 0.250. The number of hydrogen-bond acceptors (Lipinski definition) is 6. The third-order valence-corrected chi connectivity index (χ3v) is 6.01. The lowest BCUT2D eigenvalue weighted by Crippen LogP contribution is -2.05. The Hall–Kier alpha value is -2.45. The van der Waals surface area contributed by atoms with Crippen molar-refractivity contribution in [2.75, 3.05) is 12.4 Å². The summed E-state index contributed by atoms with van der Waals surface area (Å²) in [4.78, 5) is 21.2. The predicted molar refractivity (Wildman–Crippen MR) is 115 cm³/mol. The minimum atomic E-state index is -0.845. The van der Waals surface area contributed by atoms with E-state index < -0.39 is 5.97 Å². The molecule has 8 heteroatoms. The average molecular weight is 462 g/mol. The van der Waals surface area contributed by atoms with Crippen molar-refractivity contribution in [2.24, 2.45) is 0 Å². The van der Waals surface area contributed by atoms with Gasteiger partial charge in [-0.3, -0.25) is 4.79 Å². The van der Waals surface area contributed by atoms with Gasteiger partial charge < -0.3 is 15.2 Å². The van der Waals surface area contributed by atoms with Crippen molar-refractivity contribution in [3.05, 3.63) is 50.9 Å². The summed E-state index contributed by atoms with van der Waals surface area (Å²) in [5, 5.41) is 12.3. The molecule has 0 bridgehead atoms. The fourth-order valence-corrected chi connectivity index (χ4v) is 4.44. The van der Waals surface area contributed by atoms with E-state index in [1.165, 1.54) is 11.3 Å². The summed E-state index contributed by atoms with van der Waals surface area (Å²) in [6.45, 7) is 4.04. The Kier molecular flexibility index (Phi) is 6.31. The zero-order chi connectivity index (χ0) is 20.3. The van der Waals surface area contributed by atoms with Gasteiger partial charge in [-0.2, -0.15) is 0 Å². The molecule has 0 radical (unpaired) electrons. The number of aromatic nitrogens is 2. The van der Waals surface area contributed by atoms with Gasteiger partial charge in [0.25, 0.3) is 0 Å². The number of carbonyl (C=O) groups is 1. The molecule has 3 rings (SSSR count). The number of rotatable bonds is 7. The van der Waals surface area contributed by atoms with Crippen molar-refractivity contribution in [3.63, 3.8) is 0 Å². The number of aryl methyl sites for hydroxylation is 1. The van der Waals surface area contributed by atoms with Crippen LogP contribution < -0.4 is 10.1 Å². The Morgan fingerprint density at radius 2 is 2.00 bits per heavy atom. The molecular weight excluding hydrogens is 442 g/mol. The molecule has 0 unspecified atom stereocenters. The number of nitrogens with zero attached hydrogens (tertiary/aromatic N) is 2. The maximum Gasteiger partial charge on any atom is 0.307 e. The predicted octanol–water partition coefficient (Wildman–Crippen LogP) is 5.22. The van der Waals surface area contributed by atoms with Crippen molar-refractivity contribution in [1.29, 1.82) is 0 Å². The topological polar surface area (TPSA) is 84.3 Å². The number of anilines is 2. The van der Waals surface area contributed by atoms with Gasteiger partial charge in [0.05, 0.1) is 18.4 Å². The van der Waals surface area contributed by atoms with E-state index in [0.29, 0.717) is 5.82 Å². The third kappa shape index (κ3) is 4.51. The number of benzene rings is 1. The van der Waals surface area contributed by atoms with E-state index in [1.54, 1.807) is 19.2 Å². The first-order valence-corrected chi connectivity index (χ1v) is 10.3. The normalized spacial score (nSPS) is 10.7. The number of carboxylic acid groups (broad SMARTS) is 1. The molecule has 0 amide bonds. The highest BCUT2D eigenvalue weighted by molar-refractivity contribution is 9.11. The molecule has 0 aliphatic rings. The maximum absolute atomic E-state index is 10.8. The van der Waals surface area contributed by atoms with E-state index in [1.807, 2.05) is 25.1 Å². The van der Waals surface area contributed by atoms with E-state index in [2.05, 4.69) is 33.2 Å². The van der Waals surface area contributed by atoms with Gasteiger partial charge in [-0.1, -0.05) is 19.1 Å². The first-order chi connectivity index (χ1) is 13.4. The summed E-state index contributed by atoms with van der Waals surface area (Å²) in [6, 6.07) is 9.25. The molecule has 0 fully saturated rings. The van der Waals surface area contributed by atoms with Crippen LogP contribution in [0.1, 0.15) is 23.7 Å². The largest absolute Gasteiger partial charge is 0.495 e. The Balaban J connectivity index is 1.95. The quantitative estimate of drug-likeness (QED) is 0.501. The molecule has 0 spiro atoms. The first-order valence-electron chi connectivity index (χ1n) is 8.70. The zero-order valence-electron chi connectivity index (χ0n) is 15.7. The molecule has 2 heterocycles. The molecule has 0 atom stereocenters. The standard InChI is InChI=1S/C20H20BrN3O3S/c1-4-14-11(2)22-20(16-10-15(27-3)18(21)28-16)24-19(14)23-13-7-5-12(6-8-13)9-17(25)26/h5-8,10H,4,9H2,1-3H3,(H,25,26)(H,22,23,24). The molecule has 0 saturated heterocycles. The minimum Gasteiger partial charge on any atom is -0.495 e. The van der Waals surface area contributed by atoms with Gasteiger partial charge in [-0.25, -0.2) is 9.97 Å². The second-order valence-corrected chi connectivity index (χ2v) is 8.53. The van der Waals surface area contributed by atoms with Crippen molar-refractivity contribution in [3.8, 4) is 16.5 Å². The van der Waals surface area contributed by atoms with Gasteiger partial charge in [-0.05, 0) is 47.0 Å². The van der Waals surface area contributed by atoms with E-state index in [9.17, 15) is 4.79 Å². The lowest BCUT2D eigenvalue weighted by molar-refractivity contribution is -0.136. The van der Waals surface area contributed by atoms with Gasteiger partial charge in [0, 0.05) is 23.0 Å². The van der Waals surface area contributed by atoms with E-state index in [4.69, 9.17) is 14.8 Å². The van der Waals surface area contributed by atoms with Gasteiger partial charge in [0.2, 0.25) is 0 Å². The Labute approximate surface area is 175 Å². The SMILES string of the molecule is CCc1c(C)nc(-c2cc(OC)c(Br)s2)nc1Nc1ccc(CC(=O)O)cc1. The van der Waals surface area contributed by atoms with Crippen LogP contribution in [0.3, 0.4) is 0 Å². The smallest absolute Gasteiger partial charge is 0.307 e. The number of ether oxygens (including phenoxy) is 1. The maximum atomic E-state index is 10.8. The number of hydrogen-bond donors (Lipinski definition) is 2. The fourth-order valence-electron chi connectivity index (χ4n) is 2.85. The van der Waals surface area contributed by atoms with Crippen LogP contribution in [0, 0.1) is 6.92 Å². The van der Waals surface area contributed by atoms with Crippen LogP contribution in [0.2, 0.25) is 0 Å². The molecule has 2 aromatic heterocycles. The number of methoxy groups -OCH3 is 1. The highest BCUT2D eigenvalue weighted by atomic mass is 79.9. The Bertz CT molecular complexity index is 1000. The number of carboxylic acids is 1. The van der Waals surface area contributed by atoms with Gasteiger partial charge >= 0.3 is 5.97 Å². The van der Waals surface area contributed by atoms with Crippen LogP contribution >= 0.6 is 27.3 Å². The molecule has 0 saturated carbocycles. The molecule has 0 aliphatic carbocycles. The number of aliphatic carboxylic acids is 1. The van der Waals surface area contributed by atoms with Crippen molar-refractivity contribution >= 4 is 44.7 Å². The summed E-state index contributed by atoms with van der Waals surface area (Å²) in [5.74, 6) is 1.29. The third-order valence-electron chi connectivity index (χ3n) is 4.24. The molecule has 1 aromatic carbocycles. The summed E-state index contributed by atoms with van der Waals surface area (Å²) >= 11 is 5.02. The lowest BCUT2D eigenvalue weighted by Gasteiger charge is -2.14. The van der Waals surface area contributed by atoms with Crippen LogP contribution in [-0.2, 0) is 17.6 Å². The molecule has 0 aliphatic heterocycles. The van der Waals surface area contributed by atoms with Gasteiger partial charge in [0.1, 0.15) is 15.4 Å². The molecular formula is C20H20BrN3O3S. The minimum absolute atomic E-state index is 0.00629. The Morgan fingerprint density at radius 1 is 1.29 bits per heavy atom. The number of nitrogens with one attached hydrogen (secondary N) is 1. The highest BCUT2D eigenvalue weighted by Gasteiger charge is 2.16. The monoisotopic (exact) mass is 461 g/mol. The summed E-state index contributed by atoms with van der Waals surface area (Å²) < 4.78 is 6.23. The molecule has 6 nitrogen and oxygen atoms in total. The number of thiophene rings is 1. The first kappa shape index (κ1) is 20.3. The van der Waals surface area contributed by atoms with Crippen LogP contribution in [0.25, 0.3) is 10.7 Å². The summed E-state index contributed by atoms with van der Waals surface area (Å²) in [7, 11) is 1.63. The van der Waals surface area contributed by atoms with E-state index >= 15 is 0 Å². The number of halogens is 1. The van der Waals surface area contributed by atoms with Gasteiger partial charge in [-0.15, -0.1) is 11.3 Å². The van der Waals surface area contributed by atoms with Crippen molar-refractivity contribution in [2.45, 2.75) is 26.7 Å². The average Bonchev–Trinajstić information content (AvgIpc) is 3.03. The molecule has 2 N–H and O–H groups in total. The van der Waals surface area contributed by atoms with Crippen LogP contribution in [-0.4, -0.2) is 28.2 Å². The summed E-state index contributed by atoms with van der Waals surface area (Å²) in [6.07, 6.45) is 0.801. The Morgan fingerprint density at radius 3 is 2.57 bits per heavy atom. The van der Waals surface area contributed by atoms with Crippen molar-refractivity contribution in [1.82, 2.24) is 9.97 Å².